The van der Waals surface area contributed by atoms with Crippen molar-refractivity contribution in [2.75, 3.05) is 20.1 Å². The predicted octanol–water partition coefficient (Wildman–Crippen LogP) is 0.570. The molecular weight excluding hydrogens is 190 g/mol. The van der Waals surface area contributed by atoms with Crippen LogP contribution < -0.4 is 11.1 Å². The highest BCUT2D eigenvalue weighted by Crippen LogP contribution is 1.98. The average molecular weight is 215 g/mol. The van der Waals surface area contributed by atoms with Crippen LogP contribution in [0.2, 0.25) is 0 Å². The topological polar surface area (TPSA) is 58.4 Å². The second-order valence-corrected chi connectivity index (χ2v) is 4.04. The summed E-state index contributed by atoms with van der Waals surface area (Å²) in [4.78, 5) is 13.6. The predicted molar refractivity (Wildman–Crippen MR) is 63.7 cm³/mol. The number of carbonyl (C=O) groups is 1. The van der Waals surface area contributed by atoms with Gasteiger partial charge in [0.1, 0.15) is 0 Å². The lowest BCUT2D eigenvalue weighted by Crippen LogP contribution is -2.43. The number of nitrogens with zero attached hydrogens (tertiary/aromatic N) is 1. The fourth-order valence-corrected chi connectivity index (χ4v) is 1.20. The summed E-state index contributed by atoms with van der Waals surface area (Å²) in [5.74, 6) is -0.0462. The van der Waals surface area contributed by atoms with Gasteiger partial charge in [-0.05, 0) is 26.8 Å². The van der Waals surface area contributed by atoms with E-state index in [0.29, 0.717) is 19.0 Å². The summed E-state index contributed by atoms with van der Waals surface area (Å²) in [6.45, 7) is 7.80. The number of carbonyl (C=O) groups excluding carboxylic acids is 1. The van der Waals surface area contributed by atoms with Crippen molar-refractivity contribution >= 4 is 5.91 Å². The van der Waals surface area contributed by atoms with E-state index < -0.39 is 0 Å². The third-order valence-electron chi connectivity index (χ3n) is 2.88. The zero-order chi connectivity index (χ0) is 11.8. The van der Waals surface area contributed by atoms with Crippen LogP contribution in [0.15, 0.2) is 0 Å². The van der Waals surface area contributed by atoms with Gasteiger partial charge in [-0.2, -0.15) is 0 Å². The van der Waals surface area contributed by atoms with Crippen LogP contribution in [0.1, 0.15) is 33.6 Å². The molecule has 0 saturated carbocycles. The molecule has 0 aliphatic heterocycles. The largest absolute Gasteiger partial charge is 0.353 e. The van der Waals surface area contributed by atoms with Crippen LogP contribution in [0.5, 0.6) is 0 Å². The van der Waals surface area contributed by atoms with Gasteiger partial charge in [-0.15, -0.1) is 0 Å². The number of amides is 1. The lowest BCUT2D eigenvalue weighted by Gasteiger charge is -2.23. The van der Waals surface area contributed by atoms with Crippen LogP contribution in [0, 0.1) is 0 Å². The van der Waals surface area contributed by atoms with E-state index in [0.717, 1.165) is 13.0 Å². The molecule has 0 radical (unpaired) electrons. The maximum atomic E-state index is 11.3. The number of nitrogens with one attached hydrogen (secondary N) is 1. The van der Waals surface area contributed by atoms with E-state index in [1.54, 1.807) is 0 Å². The smallest absolute Gasteiger partial charge is 0.236 e. The van der Waals surface area contributed by atoms with Crippen molar-refractivity contribution in [2.45, 2.75) is 45.7 Å². The van der Waals surface area contributed by atoms with Crippen LogP contribution in [-0.4, -0.2) is 43.0 Å². The number of hydrogen-bond acceptors (Lipinski definition) is 3. The number of likely N-dealkylation sites (N-methyl/N-ethyl adjacent to an activating group) is 1. The van der Waals surface area contributed by atoms with Crippen LogP contribution in [-0.2, 0) is 4.79 Å². The summed E-state index contributed by atoms with van der Waals surface area (Å²) >= 11 is 0. The molecule has 4 nitrogen and oxygen atoms in total. The van der Waals surface area contributed by atoms with Crippen LogP contribution in [0.25, 0.3) is 0 Å². The quantitative estimate of drug-likeness (QED) is 0.653. The summed E-state index contributed by atoms with van der Waals surface area (Å²) in [6, 6.07) is 0.195. The summed E-state index contributed by atoms with van der Waals surface area (Å²) in [6.07, 6.45) is 1.81. The highest BCUT2D eigenvalue weighted by Gasteiger charge is 2.11. The molecule has 15 heavy (non-hydrogen) atoms. The van der Waals surface area contributed by atoms with Crippen molar-refractivity contribution < 1.29 is 4.79 Å². The van der Waals surface area contributed by atoms with E-state index in [9.17, 15) is 4.79 Å². The van der Waals surface area contributed by atoms with Crippen molar-refractivity contribution in [3.05, 3.63) is 0 Å². The SMILES string of the molecule is CCC(C)N(C)CCNC(=O)[C@H](N)CC. The minimum absolute atomic E-state index is 0.0462. The maximum absolute atomic E-state index is 11.3. The van der Waals surface area contributed by atoms with Crippen molar-refractivity contribution in [3.8, 4) is 0 Å². The van der Waals surface area contributed by atoms with E-state index in [1.807, 2.05) is 6.92 Å². The Hall–Kier alpha value is -0.610. The zero-order valence-corrected chi connectivity index (χ0v) is 10.4. The summed E-state index contributed by atoms with van der Waals surface area (Å²) in [5.41, 5.74) is 5.59. The van der Waals surface area contributed by atoms with Gasteiger partial charge < -0.3 is 16.0 Å². The Morgan fingerprint density at radius 2 is 2.00 bits per heavy atom. The van der Waals surface area contributed by atoms with E-state index in [2.05, 4.69) is 31.1 Å². The number of nitrogens with two attached hydrogens (primary N) is 1. The lowest BCUT2D eigenvalue weighted by atomic mass is 10.2. The molecule has 0 bridgehead atoms. The second kappa shape index (κ2) is 7.65. The molecule has 1 unspecified atom stereocenters. The Kier molecular flexibility index (Phi) is 7.34. The molecule has 0 fully saturated rings. The molecule has 0 aromatic heterocycles. The first-order chi connectivity index (χ1) is 7.02. The third kappa shape index (κ3) is 5.74. The number of hydrogen-bond donors (Lipinski definition) is 2. The Labute approximate surface area is 93.2 Å². The molecular formula is C11H25N3O. The number of rotatable bonds is 7. The van der Waals surface area contributed by atoms with Crippen molar-refractivity contribution in [1.29, 1.82) is 0 Å². The fourth-order valence-electron chi connectivity index (χ4n) is 1.20. The molecule has 0 aliphatic carbocycles. The Bertz CT molecular complexity index is 185. The molecule has 1 amide bonds. The normalized spacial score (nSPS) is 15.1. The molecule has 90 valence electrons. The molecule has 4 heteroatoms. The van der Waals surface area contributed by atoms with Gasteiger partial charge in [-0.25, -0.2) is 0 Å². The highest BCUT2D eigenvalue weighted by molar-refractivity contribution is 5.81. The van der Waals surface area contributed by atoms with Crippen molar-refractivity contribution in [1.82, 2.24) is 10.2 Å². The van der Waals surface area contributed by atoms with Gasteiger partial charge in [0.05, 0.1) is 6.04 Å². The minimum Gasteiger partial charge on any atom is -0.353 e. The Balaban J connectivity index is 3.65. The summed E-state index contributed by atoms with van der Waals surface area (Å²) < 4.78 is 0. The van der Waals surface area contributed by atoms with E-state index >= 15 is 0 Å². The van der Waals surface area contributed by atoms with Crippen molar-refractivity contribution in [2.24, 2.45) is 5.73 Å². The molecule has 2 atom stereocenters. The second-order valence-electron chi connectivity index (χ2n) is 4.04. The van der Waals surface area contributed by atoms with E-state index in [1.165, 1.54) is 0 Å². The molecule has 0 rings (SSSR count). The average Bonchev–Trinajstić information content (AvgIpc) is 2.26. The van der Waals surface area contributed by atoms with Crippen LogP contribution in [0.3, 0.4) is 0 Å². The summed E-state index contributed by atoms with van der Waals surface area (Å²) in [5, 5.41) is 2.84. The fraction of sp³-hybridized carbons (Fsp3) is 0.909. The minimum atomic E-state index is -0.362. The molecule has 3 N–H and O–H groups in total. The first-order valence-corrected chi connectivity index (χ1v) is 5.76. The zero-order valence-electron chi connectivity index (χ0n) is 10.4. The van der Waals surface area contributed by atoms with Gasteiger partial charge in [0.25, 0.3) is 0 Å². The van der Waals surface area contributed by atoms with Gasteiger partial charge in [-0.1, -0.05) is 13.8 Å². The van der Waals surface area contributed by atoms with Crippen LogP contribution in [0.4, 0.5) is 0 Å². The van der Waals surface area contributed by atoms with Crippen molar-refractivity contribution in [3.63, 3.8) is 0 Å². The third-order valence-corrected chi connectivity index (χ3v) is 2.88. The Morgan fingerprint density at radius 3 is 2.47 bits per heavy atom. The van der Waals surface area contributed by atoms with Gasteiger partial charge in [0.2, 0.25) is 5.91 Å². The molecule has 0 aromatic carbocycles. The van der Waals surface area contributed by atoms with Gasteiger partial charge >= 0.3 is 0 Å². The van der Waals surface area contributed by atoms with E-state index in [4.69, 9.17) is 5.73 Å². The molecule has 0 spiro atoms. The first kappa shape index (κ1) is 14.4. The van der Waals surface area contributed by atoms with E-state index in [-0.39, 0.29) is 11.9 Å². The van der Waals surface area contributed by atoms with Gasteiger partial charge in [0.15, 0.2) is 0 Å². The summed E-state index contributed by atoms with van der Waals surface area (Å²) in [7, 11) is 2.07. The molecule has 0 aliphatic rings. The monoisotopic (exact) mass is 215 g/mol. The standard InChI is InChI=1S/C11H25N3O/c1-5-9(3)14(4)8-7-13-11(15)10(12)6-2/h9-10H,5-8,12H2,1-4H3,(H,13,15)/t9?,10-/m1/s1. The maximum Gasteiger partial charge on any atom is 0.236 e. The molecule has 0 aromatic rings. The highest BCUT2D eigenvalue weighted by atomic mass is 16.2. The van der Waals surface area contributed by atoms with Gasteiger partial charge in [0, 0.05) is 19.1 Å². The Morgan fingerprint density at radius 1 is 1.40 bits per heavy atom. The lowest BCUT2D eigenvalue weighted by molar-refractivity contribution is -0.122. The first-order valence-electron chi connectivity index (χ1n) is 5.76. The van der Waals surface area contributed by atoms with Crippen LogP contribution >= 0.6 is 0 Å². The molecule has 0 saturated heterocycles. The van der Waals surface area contributed by atoms with Gasteiger partial charge in [-0.3, -0.25) is 4.79 Å². The molecule has 0 heterocycles.